The van der Waals surface area contributed by atoms with E-state index in [0.717, 1.165) is 6.42 Å². The molecule has 0 saturated carbocycles. The van der Waals surface area contributed by atoms with Gasteiger partial charge in [-0.25, -0.2) is 4.79 Å². The summed E-state index contributed by atoms with van der Waals surface area (Å²) in [6.45, 7) is 2.34. The SMILES string of the molecule is CCCn1cc(N)cc1C(=O)OCCCF. The zero-order valence-corrected chi connectivity index (χ0v) is 9.41. The molecule has 0 aliphatic rings. The summed E-state index contributed by atoms with van der Waals surface area (Å²) < 4.78 is 18.5. The molecule has 0 spiro atoms. The molecule has 0 fully saturated rings. The number of anilines is 1. The molecular weight excluding hydrogens is 211 g/mol. The summed E-state index contributed by atoms with van der Waals surface area (Å²) in [7, 11) is 0. The summed E-state index contributed by atoms with van der Waals surface area (Å²) in [5.41, 5.74) is 6.58. The number of rotatable bonds is 6. The van der Waals surface area contributed by atoms with Crippen LogP contribution in [0.2, 0.25) is 0 Å². The van der Waals surface area contributed by atoms with Gasteiger partial charge in [-0.05, 0) is 12.5 Å². The van der Waals surface area contributed by atoms with Gasteiger partial charge in [0.25, 0.3) is 0 Å². The van der Waals surface area contributed by atoms with Gasteiger partial charge in [-0.2, -0.15) is 0 Å². The fourth-order valence-electron chi connectivity index (χ4n) is 1.42. The molecule has 0 radical (unpaired) electrons. The summed E-state index contributed by atoms with van der Waals surface area (Å²) in [6.07, 6.45) is 2.84. The first-order valence-electron chi connectivity index (χ1n) is 5.37. The number of nitrogen functional groups attached to an aromatic ring is 1. The van der Waals surface area contributed by atoms with Crippen LogP contribution in [0.25, 0.3) is 0 Å². The fraction of sp³-hybridized carbons (Fsp3) is 0.545. The van der Waals surface area contributed by atoms with Gasteiger partial charge in [-0.1, -0.05) is 6.92 Å². The first-order chi connectivity index (χ1) is 7.69. The average Bonchev–Trinajstić information content (AvgIpc) is 2.60. The number of hydrogen-bond donors (Lipinski definition) is 1. The summed E-state index contributed by atoms with van der Waals surface area (Å²) >= 11 is 0. The minimum Gasteiger partial charge on any atom is -0.461 e. The lowest BCUT2D eigenvalue weighted by atomic mass is 10.4. The Bertz CT molecular complexity index is 350. The number of aromatic nitrogens is 1. The summed E-state index contributed by atoms with van der Waals surface area (Å²) in [5, 5.41) is 0. The van der Waals surface area contributed by atoms with Gasteiger partial charge in [0.1, 0.15) is 5.69 Å². The largest absolute Gasteiger partial charge is 0.461 e. The van der Waals surface area contributed by atoms with Crippen LogP contribution in [0.1, 0.15) is 30.3 Å². The van der Waals surface area contributed by atoms with E-state index in [-0.39, 0.29) is 13.0 Å². The lowest BCUT2D eigenvalue weighted by Crippen LogP contribution is -2.12. The van der Waals surface area contributed by atoms with Crippen LogP contribution in [0.5, 0.6) is 0 Å². The van der Waals surface area contributed by atoms with Crippen molar-refractivity contribution in [1.82, 2.24) is 4.57 Å². The minimum atomic E-state index is -0.481. The number of nitrogens with two attached hydrogens (primary N) is 1. The van der Waals surface area contributed by atoms with Crippen molar-refractivity contribution in [3.63, 3.8) is 0 Å². The van der Waals surface area contributed by atoms with Gasteiger partial charge < -0.3 is 15.0 Å². The molecule has 4 nitrogen and oxygen atoms in total. The van der Waals surface area contributed by atoms with E-state index < -0.39 is 12.6 Å². The molecule has 0 amide bonds. The molecule has 90 valence electrons. The Morgan fingerprint density at radius 3 is 3.00 bits per heavy atom. The van der Waals surface area contributed by atoms with E-state index in [9.17, 15) is 9.18 Å². The Morgan fingerprint density at radius 1 is 1.62 bits per heavy atom. The second-order valence-corrected chi connectivity index (χ2v) is 3.53. The molecule has 0 aliphatic carbocycles. The van der Waals surface area contributed by atoms with Crippen molar-refractivity contribution in [3.05, 3.63) is 18.0 Å². The molecule has 1 aromatic heterocycles. The molecule has 1 aromatic rings. The van der Waals surface area contributed by atoms with E-state index in [4.69, 9.17) is 10.5 Å². The van der Waals surface area contributed by atoms with Gasteiger partial charge in [0.05, 0.1) is 19.0 Å². The second kappa shape index (κ2) is 6.15. The van der Waals surface area contributed by atoms with Gasteiger partial charge in [-0.15, -0.1) is 0 Å². The molecule has 0 bridgehead atoms. The normalized spacial score (nSPS) is 10.4. The molecular formula is C11H17FN2O2. The third-order valence-electron chi connectivity index (χ3n) is 2.10. The Hall–Kier alpha value is -1.52. The highest BCUT2D eigenvalue weighted by molar-refractivity contribution is 5.89. The lowest BCUT2D eigenvalue weighted by molar-refractivity contribution is 0.0481. The highest BCUT2D eigenvalue weighted by Gasteiger charge is 2.13. The van der Waals surface area contributed by atoms with Crippen molar-refractivity contribution in [2.45, 2.75) is 26.3 Å². The van der Waals surface area contributed by atoms with Crippen molar-refractivity contribution in [3.8, 4) is 0 Å². The van der Waals surface area contributed by atoms with Crippen LogP contribution in [0, 0.1) is 0 Å². The number of hydrogen-bond acceptors (Lipinski definition) is 3. The van der Waals surface area contributed by atoms with Gasteiger partial charge in [0, 0.05) is 19.2 Å². The third-order valence-corrected chi connectivity index (χ3v) is 2.10. The van der Waals surface area contributed by atoms with Gasteiger partial charge >= 0.3 is 5.97 Å². The Labute approximate surface area is 94.2 Å². The van der Waals surface area contributed by atoms with E-state index in [2.05, 4.69) is 0 Å². The van der Waals surface area contributed by atoms with E-state index in [1.807, 2.05) is 6.92 Å². The van der Waals surface area contributed by atoms with Crippen molar-refractivity contribution in [2.75, 3.05) is 19.0 Å². The Morgan fingerprint density at radius 2 is 2.38 bits per heavy atom. The van der Waals surface area contributed by atoms with Crippen LogP contribution >= 0.6 is 0 Å². The van der Waals surface area contributed by atoms with Crippen molar-refractivity contribution >= 4 is 11.7 Å². The minimum absolute atomic E-state index is 0.104. The smallest absolute Gasteiger partial charge is 0.355 e. The maximum Gasteiger partial charge on any atom is 0.355 e. The van der Waals surface area contributed by atoms with Crippen LogP contribution < -0.4 is 5.73 Å². The number of alkyl halides is 1. The maximum absolute atomic E-state index is 11.8. The quantitative estimate of drug-likeness (QED) is 0.598. The van der Waals surface area contributed by atoms with Crippen molar-refractivity contribution in [1.29, 1.82) is 0 Å². The predicted molar refractivity (Wildman–Crippen MR) is 60.0 cm³/mol. The molecule has 0 aliphatic heterocycles. The summed E-state index contributed by atoms with van der Waals surface area (Å²) in [4.78, 5) is 11.6. The summed E-state index contributed by atoms with van der Waals surface area (Å²) in [6, 6.07) is 1.58. The maximum atomic E-state index is 11.8. The molecule has 0 saturated heterocycles. The number of nitrogens with zero attached hydrogens (tertiary/aromatic N) is 1. The topological polar surface area (TPSA) is 57.2 Å². The monoisotopic (exact) mass is 228 g/mol. The number of esters is 1. The number of ether oxygens (including phenoxy) is 1. The molecule has 1 rings (SSSR count). The van der Waals surface area contributed by atoms with Gasteiger partial charge in [0.2, 0.25) is 0 Å². The lowest BCUT2D eigenvalue weighted by Gasteiger charge is -2.07. The van der Waals surface area contributed by atoms with Crippen molar-refractivity contribution < 1.29 is 13.9 Å². The molecule has 1 heterocycles. The molecule has 5 heteroatoms. The molecule has 0 unspecified atom stereocenters. The number of carbonyl (C=O) groups excluding carboxylic acids is 1. The first kappa shape index (κ1) is 12.5. The van der Waals surface area contributed by atoms with Crippen LogP contribution in [0.3, 0.4) is 0 Å². The summed E-state index contributed by atoms with van der Waals surface area (Å²) in [5.74, 6) is -0.446. The highest BCUT2D eigenvalue weighted by Crippen LogP contribution is 2.12. The zero-order chi connectivity index (χ0) is 12.0. The number of halogens is 1. The van der Waals surface area contributed by atoms with E-state index in [0.29, 0.717) is 17.9 Å². The molecule has 0 atom stereocenters. The first-order valence-corrected chi connectivity index (χ1v) is 5.37. The number of aryl methyl sites for hydroxylation is 1. The highest BCUT2D eigenvalue weighted by atomic mass is 19.1. The molecule has 2 N–H and O–H groups in total. The van der Waals surface area contributed by atoms with E-state index in [1.165, 1.54) is 0 Å². The van der Waals surface area contributed by atoms with Crippen LogP contribution in [0.15, 0.2) is 12.3 Å². The third kappa shape index (κ3) is 3.25. The van der Waals surface area contributed by atoms with Crippen LogP contribution in [-0.2, 0) is 11.3 Å². The van der Waals surface area contributed by atoms with Crippen LogP contribution in [-0.4, -0.2) is 23.8 Å². The number of carbonyl (C=O) groups is 1. The van der Waals surface area contributed by atoms with Crippen molar-refractivity contribution in [2.24, 2.45) is 0 Å². The van der Waals surface area contributed by atoms with E-state index >= 15 is 0 Å². The fourth-order valence-corrected chi connectivity index (χ4v) is 1.42. The standard InChI is InChI=1S/C11H17FN2O2/c1-2-5-14-8-9(13)7-10(14)11(15)16-6-3-4-12/h7-8H,2-6,13H2,1H3. The Kier molecular flexibility index (Phi) is 4.82. The second-order valence-electron chi connectivity index (χ2n) is 3.53. The predicted octanol–water partition coefficient (Wildman–Crippen LogP) is 2.00. The van der Waals surface area contributed by atoms with E-state index in [1.54, 1.807) is 16.8 Å². The molecule has 0 aromatic carbocycles. The Balaban J connectivity index is 2.66. The average molecular weight is 228 g/mol. The van der Waals surface area contributed by atoms with Gasteiger partial charge in [0.15, 0.2) is 0 Å². The molecule has 16 heavy (non-hydrogen) atoms. The van der Waals surface area contributed by atoms with Crippen LogP contribution in [0.4, 0.5) is 10.1 Å². The zero-order valence-electron chi connectivity index (χ0n) is 9.41. The van der Waals surface area contributed by atoms with Gasteiger partial charge in [-0.3, -0.25) is 4.39 Å².